The van der Waals surface area contributed by atoms with Gasteiger partial charge in [0.05, 0.1) is 39.0 Å². The zero-order chi connectivity index (χ0) is 24.6. The number of rotatable bonds is 8. The van der Waals surface area contributed by atoms with E-state index in [4.69, 9.17) is 23.4 Å². The summed E-state index contributed by atoms with van der Waals surface area (Å²) in [6.07, 6.45) is 4.00. The van der Waals surface area contributed by atoms with Crippen LogP contribution in [0.5, 0.6) is 22.4 Å². The van der Waals surface area contributed by atoms with Crippen LogP contribution < -0.4 is 23.8 Å². The molecule has 1 aliphatic heterocycles. The average molecular weight is 507 g/mol. The lowest BCUT2D eigenvalue weighted by Gasteiger charge is -2.27. The second kappa shape index (κ2) is 9.27. The number of fused-ring (bicyclic) bond motifs is 2. The first-order chi connectivity index (χ1) is 17.6. The summed E-state index contributed by atoms with van der Waals surface area (Å²) in [5.41, 5.74) is 2.52. The maximum Gasteiger partial charge on any atom is 0.294 e. The van der Waals surface area contributed by atoms with Gasteiger partial charge in [-0.2, -0.15) is 0 Å². The van der Waals surface area contributed by atoms with Crippen molar-refractivity contribution in [1.82, 2.24) is 14.6 Å². The Morgan fingerprint density at radius 3 is 2.75 bits per heavy atom. The number of anilines is 1. The van der Waals surface area contributed by atoms with Gasteiger partial charge in [0.2, 0.25) is 4.96 Å². The van der Waals surface area contributed by atoms with Gasteiger partial charge in [-0.15, -0.1) is 5.10 Å². The van der Waals surface area contributed by atoms with Crippen LogP contribution in [0.2, 0.25) is 0 Å². The van der Waals surface area contributed by atoms with Crippen LogP contribution in [0.15, 0.2) is 53.1 Å². The zero-order valence-electron chi connectivity index (χ0n) is 20.3. The molecule has 0 aliphatic carbocycles. The first-order valence-electron chi connectivity index (χ1n) is 11.7. The fourth-order valence-corrected chi connectivity index (χ4v) is 5.35. The van der Waals surface area contributed by atoms with Crippen molar-refractivity contribution in [2.75, 3.05) is 39.4 Å². The van der Waals surface area contributed by atoms with Crippen LogP contribution in [-0.2, 0) is 0 Å². The van der Waals surface area contributed by atoms with Crippen LogP contribution in [-0.4, -0.2) is 55.1 Å². The first kappa shape index (κ1) is 22.5. The predicted molar refractivity (Wildman–Crippen MR) is 138 cm³/mol. The molecule has 0 saturated carbocycles. The van der Waals surface area contributed by atoms with E-state index in [1.807, 2.05) is 36.5 Å². The lowest BCUT2D eigenvalue weighted by Crippen LogP contribution is -2.34. The fourth-order valence-electron chi connectivity index (χ4n) is 4.65. The molecule has 5 aromatic rings. The molecule has 0 bridgehead atoms. The standard InChI is InChI=1S/C26H26N4O5S/c1-31-18-8-4-6-16(10-18)29-9-5-7-17(29)15-34-22-11-19(32-2)12-23-20(22)13-24(35-23)21-14-30-25(27-21)36-26(28-30)33-3/h4,6,8,10-14,17H,5,7,9,15H2,1-3H3/t17-/m0/s1. The molecule has 6 rings (SSSR count). The summed E-state index contributed by atoms with van der Waals surface area (Å²) in [5.74, 6) is 2.88. The van der Waals surface area contributed by atoms with Crippen molar-refractivity contribution in [2.24, 2.45) is 0 Å². The van der Waals surface area contributed by atoms with Gasteiger partial charge in [-0.25, -0.2) is 9.50 Å². The van der Waals surface area contributed by atoms with Gasteiger partial charge in [0.25, 0.3) is 5.19 Å². The van der Waals surface area contributed by atoms with E-state index in [2.05, 4.69) is 27.1 Å². The van der Waals surface area contributed by atoms with Crippen LogP contribution in [0, 0.1) is 0 Å². The number of imidazole rings is 1. The van der Waals surface area contributed by atoms with Crippen molar-refractivity contribution < 1.29 is 23.4 Å². The van der Waals surface area contributed by atoms with Crippen molar-refractivity contribution >= 4 is 33.0 Å². The third-order valence-electron chi connectivity index (χ3n) is 6.45. The second-order valence-corrected chi connectivity index (χ2v) is 9.49. The van der Waals surface area contributed by atoms with Crippen molar-refractivity contribution in [3.05, 3.63) is 48.7 Å². The minimum atomic E-state index is 0.255. The predicted octanol–water partition coefficient (Wildman–Crippen LogP) is 5.28. The molecule has 2 aromatic carbocycles. The smallest absolute Gasteiger partial charge is 0.294 e. The molecule has 0 unspecified atom stereocenters. The Kier molecular flexibility index (Phi) is 5.80. The molecule has 1 atom stereocenters. The molecule has 1 fully saturated rings. The summed E-state index contributed by atoms with van der Waals surface area (Å²) in [7, 11) is 4.92. The van der Waals surface area contributed by atoms with E-state index >= 15 is 0 Å². The van der Waals surface area contributed by atoms with Gasteiger partial charge < -0.3 is 28.3 Å². The van der Waals surface area contributed by atoms with E-state index in [9.17, 15) is 0 Å². The first-order valence-corrected chi connectivity index (χ1v) is 12.5. The molecular formula is C26H26N4O5S. The maximum atomic E-state index is 6.41. The summed E-state index contributed by atoms with van der Waals surface area (Å²) in [4.78, 5) is 7.76. The maximum absolute atomic E-state index is 6.41. The highest BCUT2D eigenvalue weighted by molar-refractivity contribution is 7.18. The summed E-state index contributed by atoms with van der Waals surface area (Å²) < 4.78 is 30.4. The van der Waals surface area contributed by atoms with E-state index in [0.29, 0.717) is 34.6 Å². The number of methoxy groups -OCH3 is 3. The number of hydrogen-bond donors (Lipinski definition) is 0. The topological polar surface area (TPSA) is 83.5 Å². The van der Waals surface area contributed by atoms with Crippen molar-refractivity contribution in [3.63, 3.8) is 0 Å². The van der Waals surface area contributed by atoms with Crippen LogP contribution in [0.1, 0.15) is 12.8 Å². The molecule has 0 amide bonds. The number of ether oxygens (including phenoxy) is 4. The molecule has 0 spiro atoms. The van der Waals surface area contributed by atoms with E-state index in [1.54, 1.807) is 25.8 Å². The number of hydrogen-bond acceptors (Lipinski definition) is 9. The molecule has 3 aromatic heterocycles. The largest absolute Gasteiger partial charge is 0.497 e. The van der Waals surface area contributed by atoms with Gasteiger partial charge in [-0.1, -0.05) is 6.07 Å². The van der Waals surface area contributed by atoms with Gasteiger partial charge in [0, 0.05) is 30.4 Å². The van der Waals surface area contributed by atoms with Gasteiger partial charge >= 0.3 is 0 Å². The minimum Gasteiger partial charge on any atom is -0.497 e. The summed E-state index contributed by atoms with van der Waals surface area (Å²) >= 11 is 1.37. The van der Waals surface area contributed by atoms with Gasteiger partial charge in [-0.3, -0.25) is 0 Å². The molecule has 4 heterocycles. The summed E-state index contributed by atoms with van der Waals surface area (Å²) in [6.45, 7) is 1.53. The third kappa shape index (κ3) is 4.07. The summed E-state index contributed by atoms with van der Waals surface area (Å²) in [5, 5.41) is 5.78. The lowest BCUT2D eigenvalue weighted by molar-refractivity contribution is 0.290. The third-order valence-corrected chi connectivity index (χ3v) is 7.34. The van der Waals surface area contributed by atoms with Crippen LogP contribution in [0.3, 0.4) is 0 Å². The van der Waals surface area contributed by atoms with Gasteiger partial charge in [0.15, 0.2) is 5.76 Å². The van der Waals surface area contributed by atoms with Crippen LogP contribution >= 0.6 is 11.3 Å². The molecule has 9 nitrogen and oxygen atoms in total. The van der Waals surface area contributed by atoms with Crippen LogP contribution in [0.4, 0.5) is 5.69 Å². The Morgan fingerprint density at radius 1 is 1.06 bits per heavy atom. The molecule has 10 heteroatoms. The minimum absolute atomic E-state index is 0.255. The van der Waals surface area contributed by atoms with E-state index in [0.717, 1.165) is 46.9 Å². The Hall–Kier alpha value is -3.92. The second-order valence-electron chi connectivity index (χ2n) is 8.58. The molecule has 1 aliphatic rings. The summed E-state index contributed by atoms with van der Waals surface area (Å²) in [6, 6.07) is 14.2. The van der Waals surface area contributed by atoms with Crippen molar-refractivity contribution in [1.29, 1.82) is 0 Å². The highest BCUT2D eigenvalue weighted by Gasteiger charge is 2.26. The fraction of sp³-hybridized carbons (Fsp3) is 0.308. The zero-order valence-corrected chi connectivity index (χ0v) is 21.1. The number of benzene rings is 2. The van der Waals surface area contributed by atoms with E-state index in [1.165, 1.54) is 11.3 Å². The van der Waals surface area contributed by atoms with Gasteiger partial charge in [-0.05, 0) is 42.4 Å². The van der Waals surface area contributed by atoms with Crippen molar-refractivity contribution in [2.45, 2.75) is 18.9 Å². The van der Waals surface area contributed by atoms with E-state index in [-0.39, 0.29) is 6.04 Å². The number of nitrogens with zero attached hydrogens (tertiary/aromatic N) is 4. The highest BCUT2D eigenvalue weighted by Crippen LogP contribution is 2.38. The SMILES string of the molecule is COc1cccc(N2CCC[C@H]2COc2cc(OC)cc3oc(-c4cn5nc(OC)sc5n4)cc23)c1. The normalized spacial score (nSPS) is 15.6. The Bertz CT molecular complexity index is 1490. The Morgan fingerprint density at radius 2 is 1.94 bits per heavy atom. The number of furan rings is 1. The Balaban J connectivity index is 1.28. The molecule has 0 radical (unpaired) electrons. The van der Waals surface area contributed by atoms with Crippen molar-refractivity contribution in [3.8, 4) is 33.9 Å². The average Bonchev–Trinajstić information content (AvgIpc) is 3.69. The number of aromatic nitrogens is 3. The monoisotopic (exact) mass is 506 g/mol. The molecule has 186 valence electrons. The van der Waals surface area contributed by atoms with E-state index < -0.39 is 0 Å². The molecule has 1 saturated heterocycles. The van der Waals surface area contributed by atoms with Gasteiger partial charge in [0.1, 0.15) is 35.1 Å². The lowest BCUT2D eigenvalue weighted by atomic mass is 10.2. The van der Waals surface area contributed by atoms with Crippen LogP contribution in [0.25, 0.3) is 27.4 Å². The quantitative estimate of drug-likeness (QED) is 0.281. The molecule has 0 N–H and O–H groups in total. The molecule has 36 heavy (non-hydrogen) atoms. The molecular weight excluding hydrogens is 480 g/mol. The highest BCUT2D eigenvalue weighted by atomic mass is 32.1. The Labute approximate surface area is 211 Å².